The summed E-state index contributed by atoms with van der Waals surface area (Å²) in [6, 6.07) is 0. The van der Waals surface area contributed by atoms with Crippen LogP contribution in [0.4, 0.5) is 4.39 Å². The van der Waals surface area contributed by atoms with E-state index in [-0.39, 0.29) is 26.1 Å². The Bertz CT molecular complexity index is 246. The summed E-state index contributed by atoms with van der Waals surface area (Å²) in [5.41, 5.74) is -1.68. The Morgan fingerprint density at radius 2 is 1.92 bits per heavy atom. The van der Waals surface area contributed by atoms with Gasteiger partial charge in [-0.3, -0.25) is 0 Å². The van der Waals surface area contributed by atoms with E-state index in [1.807, 2.05) is 0 Å². The Morgan fingerprint density at radius 3 is 2.33 bits per heavy atom. The third kappa shape index (κ3) is 3.25. The molecule has 0 amide bonds. The van der Waals surface area contributed by atoms with Crippen LogP contribution in [0.5, 0.6) is 0 Å². The van der Waals surface area contributed by atoms with Crippen LogP contribution in [0.1, 0.15) is 12.8 Å². The molecule has 0 spiro atoms. The summed E-state index contributed by atoms with van der Waals surface area (Å²) >= 11 is 0. The van der Waals surface area contributed by atoms with Crippen LogP contribution in [0.25, 0.3) is 0 Å². The van der Waals surface area contributed by atoms with E-state index < -0.39 is 20.5 Å². The second-order valence-corrected chi connectivity index (χ2v) is 5.72. The van der Waals surface area contributed by atoms with Crippen LogP contribution >= 0.6 is 10.7 Å². The molecular weight excluding hydrogens is 207 g/mol. The first-order chi connectivity index (χ1) is 5.41. The molecule has 0 aliphatic carbocycles. The zero-order valence-corrected chi connectivity index (χ0v) is 8.00. The lowest BCUT2D eigenvalue weighted by atomic mass is 9.99. The lowest BCUT2D eigenvalue weighted by Crippen LogP contribution is -2.37. The molecule has 0 N–H and O–H groups in total. The number of alkyl halides is 1. The van der Waals surface area contributed by atoms with Gasteiger partial charge in [-0.2, -0.15) is 0 Å². The smallest absolute Gasteiger partial charge is 0.235 e. The van der Waals surface area contributed by atoms with Crippen LogP contribution in [0.3, 0.4) is 0 Å². The summed E-state index contributed by atoms with van der Waals surface area (Å²) < 4.78 is 39.6. The molecule has 0 saturated carbocycles. The molecule has 1 rings (SSSR count). The van der Waals surface area contributed by atoms with Crippen LogP contribution in [0.15, 0.2) is 0 Å². The number of hydrogen-bond acceptors (Lipinski definition) is 3. The zero-order chi connectivity index (χ0) is 9.24. The molecule has 1 saturated heterocycles. The van der Waals surface area contributed by atoms with Crippen LogP contribution in [0, 0.1) is 0 Å². The summed E-state index contributed by atoms with van der Waals surface area (Å²) in [6.07, 6.45) is 0.220. The van der Waals surface area contributed by atoms with Gasteiger partial charge in [-0.15, -0.1) is 0 Å². The fourth-order valence-electron chi connectivity index (χ4n) is 1.19. The molecule has 72 valence electrons. The van der Waals surface area contributed by atoms with Gasteiger partial charge in [0.25, 0.3) is 0 Å². The van der Waals surface area contributed by atoms with Gasteiger partial charge in [0.05, 0.1) is 5.75 Å². The van der Waals surface area contributed by atoms with E-state index in [2.05, 4.69) is 0 Å². The van der Waals surface area contributed by atoms with Crippen molar-refractivity contribution in [3.05, 3.63) is 0 Å². The van der Waals surface area contributed by atoms with Gasteiger partial charge in [0.1, 0.15) is 5.67 Å². The molecule has 1 fully saturated rings. The van der Waals surface area contributed by atoms with E-state index >= 15 is 0 Å². The summed E-state index contributed by atoms with van der Waals surface area (Å²) in [7, 11) is 1.21. The Kier molecular flexibility index (Phi) is 2.96. The fourth-order valence-corrected chi connectivity index (χ4v) is 2.68. The highest BCUT2D eigenvalue weighted by Crippen LogP contribution is 2.27. The van der Waals surface area contributed by atoms with Crippen molar-refractivity contribution in [1.29, 1.82) is 0 Å². The number of ether oxygens (including phenoxy) is 1. The quantitative estimate of drug-likeness (QED) is 0.649. The Morgan fingerprint density at radius 1 is 1.42 bits per heavy atom. The Hall–Kier alpha value is 0.130. The minimum atomic E-state index is -3.74. The van der Waals surface area contributed by atoms with Crippen molar-refractivity contribution in [3.63, 3.8) is 0 Å². The van der Waals surface area contributed by atoms with Crippen LogP contribution in [-0.4, -0.2) is 33.1 Å². The highest BCUT2D eigenvalue weighted by Gasteiger charge is 2.36. The summed E-state index contributed by atoms with van der Waals surface area (Å²) in [5, 5.41) is 0. The highest BCUT2D eigenvalue weighted by molar-refractivity contribution is 8.13. The SMILES string of the molecule is O=S(=O)(Cl)CC1(F)CCOCC1. The second kappa shape index (κ2) is 3.47. The van der Waals surface area contributed by atoms with E-state index in [9.17, 15) is 12.8 Å². The van der Waals surface area contributed by atoms with Gasteiger partial charge in [0, 0.05) is 36.7 Å². The van der Waals surface area contributed by atoms with Crippen molar-refractivity contribution < 1.29 is 17.5 Å². The summed E-state index contributed by atoms with van der Waals surface area (Å²) in [6.45, 7) is 0.534. The van der Waals surface area contributed by atoms with Crippen molar-refractivity contribution in [2.75, 3.05) is 19.0 Å². The van der Waals surface area contributed by atoms with Crippen molar-refractivity contribution >= 4 is 19.7 Å². The van der Waals surface area contributed by atoms with Gasteiger partial charge in [-0.1, -0.05) is 0 Å². The highest BCUT2D eigenvalue weighted by atomic mass is 35.7. The molecular formula is C6H10ClFO3S. The molecule has 0 unspecified atom stereocenters. The number of hydrogen-bond donors (Lipinski definition) is 0. The van der Waals surface area contributed by atoms with Crippen molar-refractivity contribution in [1.82, 2.24) is 0 Å². The molecule has 0 aromatic heterocycles. The summed E-state index contributed by atoms with van der Waals surface area (Å²) in [4.78, 5) is 0. The lowest BCUT2D eigenvalue weighted by molar-refractivity contribution is 0.00399. The van der Waals surface area contributed by atoms with E-state index in [1.165, 1.54) is 0 Å². The average Bonchev–Trinajstić information content (AvgIpc) is 1.83. The molecule has 0 atom stereocenters. The van der Waals surface area contributed by atoms with Gasteiger partial charge >= 0.3 is 0 Å². The second-order valence-electron chi connectivity index (χ2n) is 2.95. The van der Waals surface area contributed by atoms with Gasteiger partial charge in [0.2, 0.25) is 9.05 Å². The van der Waals surface area contributed by atoms with Gasteiger partial charge in [0.15, 0.2) is 0 Å². The van der Waals surface area contributed by atoms with Crippen molar-refractivity contribution in [2.45, 2.75) is 18.5 Å². The largest absolute Gasteiger partial charge is 0.381 e. The number of halogens is 2. The third-order valence-electron chi connectivity index (χ3n) is 1.82. The van der Waals surface area contributed by atoms with Gasteiger partial charge in [-0.05, 0) is 0 Å². The Labute approximate surface area is 75.3 Å². The van der Waals surface area contributed by atoms with Gasteiger partial charge in [-0.25, -0.2) is 12.8 Å². The number of rotatable bonds is 2. The normalized spacial score (nSPS) is 23.8. The maximum atomic E-state index is 13.5. The van der Waals surface area contributed by atoms with Crippen LogP contribution in [-0.2, 0) is 13.8 Å². The maximum absolute atomic E-state index is 13.5. The molecule has 1 aliphatic rings. The zero-order valence-electron chi connectivity index (χ0n) is 6.42. The van der Waals surface area contributed by atoms with E-state index in [4.69, 9.17) is 15.4 Å². The molecule has 0 bridgehead atoms. The maximum Gasteiger partial charge on any atom is 0.235 e. The molecule has 1 aliphatic heterocycles. The first-order valence-corrected chi connectivity index (χ1v) is 6.08. The molecule has 3 nitrogen and oxygen atoms in total. The molecule has 6 heteroatoms. The first-order valence-electron chi connectivity index (χ1n) is 3.60. The Balaban J connectivity index is 2.59. The van der Waals surface area contributed by atoms with E-state index in [1.54, 1.807) is 0 Å². The summed E-state index contributed by atoms with van der Waals surface area (Å²) in [5.74, 6) is -0.606. The molecule has 12 heavy (non-hydrogen) atoms. The predicted molar refractivity (Wildman–Crippen MR) is 43.5 cm³/mol. The van der Waals surface area contributed by atoms with Crippen LogP contribution < -0.4 is 0 Å². The van der Waals surface area contributed by atoms with Crippen LogP contribution in [0.2, 0.25) is 0 Å². The molecule has 0 aromatic carbocycles. The lowest BCUT2D eigenvalue weighted by Gasteiger charge is -2.27. The third-order valence-corrected chi connectivity index (χ3v) is 3.01. The standard InChI is InChI=1S/C6H10ClFO3S/c7-12(9,10)5-6(8)1-3-11-4-2-6/h1-5H2. The topological polar surface area (TPSA) is 43.4 Å². The monoisotopic (exact) mass is 216 g/mol. The van der Waals surface area contributed by atoms with Gasteiger partial charge < -0.3 is 4.74 Å². The van der Waals surface area contributed by atoms with E-state index in [0.717, 1.165) is 0 Å². The molecule has 1 heterocycles. The van der Waals surface area contributed by atoms with Crippen molar-refractivity contribution in [3.8, 4) is 0 Å². The van der Waals surface area contributed by atoms with Crippen molar-refractivity contribution in [2.24, 2.45) is 0 Å². The molecule has 0 radical (unpaired) electrons. The minimum absolute atomic E-state index is 0.110. The predicted octanol–water partition coefficient (Wildman–Crippen LogP) is 1.07. The van der Waals surface area contributed by atoms with E-state index in [0.29, 0.717) is 0 Å². The average molecular weight is 217 g/mol. The minimum Gasteiger partial charge on any atom is -0.381 e. The fraction of sp³-hybridized carbons (Fsp3) is 1.00. The molecule has 0 aromatic rings. The first kappa shape index (κ1) is 10.2.